The normalized spacial score (nSPS) is 11.6. The third-order valence-electron chi connectivity index (χ3n) is 4.88. The number of aryl methyl sites for hydroxylation is 2. The summed E-state index contributed by atoms with van der Waals surface area (Å²) in [5.74, 6) is 0.817. The second kappa shape index (κ2) is 8.16. The fourth-order valence-electron chi connectivity index (χ4n) is 3.34. The number of rotatable bonds is 6. The quantitative estimate of drug-likeness (QED) is 0.472. The van der Waals surface area contributed by atoms with Gasteiger partial charge < -0.3 is 4.74 Å². The summed E-state index contributed by atoms with van der Waals surface area (Å²) in [6.45, 7) is 3.72. The minimum absolute atomic E-state index is 0.204. The van der Waals surface area contributed by atoms with Gasteiger partial charge in [0.05, 0.1) is 29.4 Å². The van der Waals surface area contributed by atoms with E-state index in [0.717, 1.165) is 11.3 Å². The predicted octanol–water partition coefficient (Wildman–Crippen LogP) is 4.13. The monoisotopic (exact) mass is 455 g/mol. The van der Waals surface area contributed by atoms with Crippen molar-refractivity contribution in [3.63, 3.8) is 0 Å². The molecule has 9 heteroatoms. The number of nitrogens with one attached hydrogen (secondary N) is 1. The van der Waals surface area contributed by atoms with Gasteiger partial charge in [0.25, 0.3) is 15.6 Å². The number of hydrogen-bond acceptors (Lipinski definition) is 6. The van der Waals surface area contributed by atoms with Gasteiger partial charge in [-0.05, 0) is 49.7 Å². The van der Waals surface area contributed by atoms with E-state index in [0.29, 0.717) is 28.2 Å². The average molecular weight is 456 g/mol. The van der Waals surface area contributed by atoms with Crippen LogP contribution in [0.25, 0.3) is 16.6 Å². The molecule has 0 aliphatic rings. The zero-order valence-electron chi connectivity index (χ0n) is 17.2. The van der Waals surface area contributed by atoms with Gasteiger partial charge in [-0.15, -0.1) is 11.3 Å². The Morgan fingerprint density at radius 2 is 1.90 bits per heavy atom. The molecular formula is C22H21N3O4S2. The highest BCUT2D eigenvalue weighted by Gasteiger charge is 2.20. The molecule has 7 nitrogen and oxygen atoms in total. The Kier molecular flexibility index (Phi) is 5.55. The number of fused-ring (bicyclic) bond motifs is 1. The lowest BCUT2D eigenvalue weighted by molar-refractivity contribution is 0.416. The molecule has 0 aliphatic heterocycles. The Morgan fingerprint density at radius 3 is 2.61 bits per heavy atom. The number of ether oxygens (including phenoxy) is 1. The highest BCUT2D eigenvalue weighted by molar-refractivity contribution is 7.94. The molecule has 4 rings (SSSR count). The number of nitrogens with zero attached hydrogens (tertiary/aromatic N) is 2. The molecule has 4 aromatic rings. The van der Waals surface area contributed by atoms with Gasteiger partial charge in [0.1, 0.15) is 15.8 Å². The smallest absolute Gasteiger partial charge is 0.271 e. The number of benzene rings is 2. The van der Waals surface area contributed by atoms with Crippen LogP contribution in [0.1, 0.15) is 17.6 Å². The van der Waals surface area contributed by atoms with Crippen LogP contribution in [0.3, 0.4) is 0 Å². The van der Waals surface area contributed by atoms with E-state index in [-0.39, 0.29) is 15.5 Å². The fourth-order valence-corrected chi connectivity index (χ4v) is 5.70. The van der Waals surface area contributed by atoms with E-state index < -0.39 is 10.0 Å². The molecule has 0 bridgehead atoms. The van der Waals surface area contributed by atoms with Crippen molar-refractivity contribution in [2.75, 3.05) is 11.8 Å². The van der Waals surface area contributed by atoms with Crippen LogP contribution in [0.15, 0.2) is 63.6 Å². The SMILES string of the molecule is CCc1ccc(S(=O)(=O)Nc2ccc(-n3c(C)nc4ccccc4c3=O)cc2OC)s1. The Balaban J connectivity index is 1.76. The number of hydrogen-bond donors (Lipinski definition) is 1. The predicted molar refractivity (Wildman–Crippen MR) is 123 cm³/mol. The van der Waals surface area contributed by atoms with E-state index in [1.165, 1.54) is 23.0 Å². The van der Waals surface area contributed by atoms with E-state index in [4.69, 9.17) is 4.74 Å². The summed E-state index contributed by atoms with van der Waals surface area (Å²) >= 11 is 1.23. The van der Waals surface area contributed by atoms with Crippen molar-refractivity contribution in [1.29, 1.82) is 0 Å². The highest BCUT2D eigenvalue weighted by Crippen LogP contribution is 2.31. The lowest BCUT2D eigenvalue weighted by atomic mass is 10.2. The third-order valence-corrected chi connectivity index (χ3v) is 7.97. The van der Waals surface area contributed by atoms with Gasteiger partial charge in [-0.3, -0.25) is 14.1 Å². The van der Waals surface area contributed by atoms with Crippen LogP contribution in [-0.2, 0) is 16.4 Å². The van der Waals surface area contributed by atoms with Gasteiger partial charge in [-0.2, -0.15) is 0 Å². The van der Waals surface area contributed by atoms with E-state index in [1.54, 1.807) is 49.4 Å². The van der Waals surface area contributed by atoms with Gasteiger partial charge in [0.15, 0.2) is 0 Å². The van der Waals surface area contributed by atoms with Gasteiger partial charge in [0, 0.05) is 10.9 Å². The molecule has 0 amide bonds. The van der Waals surface area contributed by atoms with Crippen LogP contribution in [0.4, 0.5) is 5.69 Å². The third kappa shape index (κ3) is 3.94. The maximum atomic E-state index is 13.1. The molecule has 2 heterocycles. The minimum atomic E-state index is -3.75. The average Bonchev–Trinajstić information content (AvgIpc) is 3.25. The zero-order valence-corrected chi connectivity index (χ0v) is 18.9. The number of para-hydroxylation sites is 1. The summed E-state index contributed by atoms with van der Waals surface area (Å²) in [7, 11) is -2.30. The van der Waals surface area contributed by atoms with Gasteiger partial charge >= 0.3 is 0 Å². The summed E-state index contributed by atoms with van der Waals surface area (Å²) in [5, 5.41) is 0.501. The number of thiophene rings is 1. The minimum Gasteiger partial charge on any atom is -0.494 e. The van der Waals surface area contributed by atoms with Crippen LogP contribution >= 0.6 is 11.3 Å². The van der Waals surface area contributed by atoms with Crippen molar-refractivity contribution in [2.24, 2.45) is 0 Å². The Morgan fingerprint density at radius 1 is 1.13 bits per heavy atom. The van der Waals surface area contributed by atoms with Crippen LogP contribution < -0.4 is 15.0 Å². The topological polar surface area (TPSA) is 90.3 Å². The molecule has 0 saturated carbocycles. The molecule has 0 atom stereocenters. The van der Waals surface area contributed by atoms with Crippen molar-refractivity contribution in [3.8, 4) is 11.4 Å². The number of aromatic nitrogens is 2. The van der Waals surface area contributed by atoms with Crippen LogP contribution in [0, 0.1) is 6.92 Å². The van der Waals surface area contributed by atoms with Crippen LogP contribution in [0.2, 0.25) is 0 Å². The zero-order chi connectivity index (χ0) is 22.2. The summed E-state index contributed by atoms with van der Waals surface area (Å²) in [5.41, 5.74) is 1.24. The summed E-state index contributed by atoms with van der Waals surface area (Å²) in [6, 6.07) is 15.4. The standard InChI is InChI=1S/C22H21N3O4S2/c1-4-16-10-12-21(30-16)31(27,28)24-19-11-9-15(13-20(19)29-3)25-14(2)23-18-8-6-5-7-17(18)22(25)26/h5-13,24H,4H2,1-3H3. The second-order valence-corrected chi connectivity index (χ2v) is 9.96. The largest absolute Gasteiger partial charge is 0.494 e. The molecule has 2 aromatic heterocycles. The first-order valence-corrected chi connectivity index (χ1v) is 11.9. The first-order valence-electron chi connectivity index (χ1n) is 9.62. The molecule has 1 N–H and O–H groups in total. The summed E-state index contributed by atoms with van der Waals surface area (Å²) in [6.07, 6.45) is 0.770. The Hall–Kier alpha value is -3.17. The molecule has 0 spiro atoms. The molecule has 0 radical (unpaired) electrons. The van der Waals surface area contributed by atoms with Gasteiger partial charge in [-0.25, -0.2) is 13.4 Å². The second-order valence-electron chi connectivity index (χ2n) is 6.88. The fraction of sp³-hybridized carbons (Fsp3) is 0.182. The van der Waals surface area contributed by atoms with Gasteiger partial charge in [-0.1, -0.05) is 19.1 Å². The lowest BCUT2D eigenvalue weighted by Crippen LogP contribution is -2.22. The molecule has 31 heavy (non-hydrogen) atoms. The number of anilines is 1. The van der Waals surface area contributed by atoms with E-state index in [9.17, 15) is 13.2 Å². The van der Waals surface area contributed by atoms with E-state index >= 15 is 0 Å². The van der Waals surface area contributed by atoms with Crippen molar-refractivity contribution >= 4 is 38.0 Å². The molecule has 0 saturated heterocycles. The van der Waals surface area contributed by atoms with E-state index in [2.05, 4.69) is 9.71 Å². The first kappa shape index (κ1) is 21.1. The van der Waals surface area contributed by atoms with E-state index in [1.807, 2.05) is 19.1 Å². The first-order chi connectivity index (χ1) is 14.8. The molecule has 0 aliphatic carbocycles. The van der Waals surface area contributed by atoms with Crippen molar-refractivity contribution in [3.05, 3.63) is 75.7 Å². The van der Waals surface area contributed by atoms with Gasteiger partial charge in [0.2, 0.25) is 0 Å². The van der Waals surface area contributed by atoms with Crippen LogP contribution in [0.5, 0.6) is 5.75 Å². The number of methoxy groups -OCH3 is 1. The van der Waals surface area contributed by atoms with Crippen molar-refractivity contribution in [1.82, 2.24) is 9.55 Å². The molecule has 2 aromatic carbocycles. The molecule has 0 unspecified atom stereocenters. The Labute approximate surface area is 184 Å². The molecule has 0 fully saturated rings. The summed E-state index contributed by atoms with van der Waals surface area (Å²) in [4.78, 5) is 18.6. The van der Waals surface area contributed by atoms with Crippen LogP contribution in [-0.4, -0.2) is 25.1 Å². The Bertz CT molecular complexity index is 1440. The maximum absolute atomic E-state index is 13.1. The molecular weight excluding hydrogens is 434 g/mol. The highest BCUT2D eigenvalue weighted by atomic mass is 32.2. The molecule has 160 valence electrons. The number of sulfonamides is 1. The summed E-state index contributed by atoms with van der Waals surface area (Å²) < 4.78 is 35.3. The lowest BCUT2D eigenvalue weighted by Gasteiger charge is -2.15. The van der Waals surface area contributed by atoms with Crippen molar-refractivity contribution in [2.45, 2.75) is 24.5 Å². The van der Waals surface area contributed by atoms with Crippen molar-refractivity contribution < 1.29 is 13.2 Å². The maximum Gasteiger partial charge on any atom is 0.271 e.